The highest BCUT2D eigenvalue weighted by molar-refractivity contribution is 7.80. The second-order valence-corrected chi connectivity index (χ2v) is 6.73. The van der Waals surface area contributed by atoms with Crippen molar-refractivity contribution < 1.29 is 19.1 Å². The fraction of sp³-hybridized carbons (Fsp3) is 0.353. The monoisotopic (exact) mass is 408 g/mol. The van der Waals surface area contributed by atoms with Gasteiger partial charge in [-0.3, -0.25) is 0 Å². The van der Waals surface area contributed by atoms with Gasteiger partial charge in [0.2, 0.25) is 5.95 Å². The van der Waals surface area contributed by atoms with Crippen molar-refractivity contribution in [3.8, 4) is 0 Å². The van der Waals surface area contributed by atoms with Gasteiger partial charge in [-0.25, -0.2) is 19.6 Å². The molecule has 0 aromatic carbocycles. The second kappa shape index (κ2) is 9.38. The molecule has 0 spiro atoms. The molecule has 0 radical (unpaired) electrons. The van der Waals surface area contributed by atoms with Gasteiger partial charge in [0.25, 0.3) is 0 Å². The molecule has 144 valence electrons. The Morgan fingerprint density at radius 3 is 2.44 bits per heavy atom. The van der Waals surface area contributed by atoms with E-state index in [9.17, 15) is 9.59 Å². The molecular weight excluding hydrogens is 388 g/mol. The van der Waals surface area contributed by atoms with Crippen LogP contribution in [0.1, 0.15) is 45.1 Å². The molecule has 0 atom stereocenters. The number of aromatic nitrogens is 2. The summed E-state index contributed by atoms with van der Waals surface area (Å²) in [5.41, 5.74) is 1.51. The zero-order valence-corrected chi connectivity index (χ0v) is 17.0. The van der Waals surface area contributed by atoms with Crippen LogP contribution in [0.5, 0.6) is 0 Å². The van der Waals surface area contributed by atoms with Crippen LogP contribution in [-0.4, -0.2) is 40.2 Å². The summed E-state index contributed by atoms with van der Waals surface area (Å²) in [5, 5.41) is 6.35. The van der Waals surface area contributed by atoms with Gasteiger partial charge in [0.15, 0.2) is 5.11 Å². The predicted octanol–water partition coefficient (Wildman–Crippen LogP) is 3.32. The van der Waals surface area contributed by atoms with E-state index in [2.05, 4.69) is 20.6 Å². The molecule has 0 aliphatic rings. The lowest BCUT2D eigenvalue weighted by molar-refractivity contribution is 0.0527. The van der Waals surface area contributed by atoms with Crippen LogP contribution in [0, 0.1) is 13.8 Å². The number of nitrogens with one attached hydrogen (secondary N) is 2. The summed E-state index contributed by atoms with van der Waals surface area (Å²) in [7, 11) is 0. The van der Waals surface area contributed by atoms with E-state index in [1.54, 1.807) is 33.0 Å². The smallest absolute Gasteiger partial charge is 0.348 e. The average Bonchev–Trinajstić information content (AvgIpc) is 2.91. The molecule has 2 heterocycles. The average molecular weight is 409 g/mol. The van der Waals surface area contributed by atoms with Gasteiger partial charge in [-0.2, -0.15) is 0 Å². The van der Waals surface area contributed by atoms with E-state index in [1.807, 2.05) is 6.92 Å². The highest BCUT2D eigenvalue weighted by atomic mass is 32.1. The predicted molar refractivity (Wildman–Crippen MR) is 108 cm³/mol. The van der Waals surface area contributed by atoms with Crippen molar-refractivity contribution in [1.82, 2.24) is 9.97 Å². The zero-order valence-electron chi connectivity index (χ0n) is 15.4. The fourth-order valence-electron chi connectivity index (χ4n) is 2.19. The Hall–Kier alpha value is -2.59. The number of esters is 2. The first kappa shape index (κ1) is 20.7. The lowest BCUT2D eigenvalue weighted by Gasteiger charge is -2.10. The number of hydrogen-bond acceptors (Lipinski definition) is 8. The Morgan fingerprint density at radius 2 is 1.81 bits per heavy atom. The van der Waals surface area contributed by atoms with Gasteiger partial charge in [-0.15, -0.1) is 11.3 Å². The third kappa shape index (κ3) is 5.20. The first-order valence-electron chi connectivity index (χ1n) is 8.22. The number of thiocarbonyl (C=S) groups is 1. The third-order valence-corrected chi connectivity index (χ3v) is 4.73. The number of ether oxygens (including phenoxy) is 2. The standard InChI is InChI=1S/C17H20N4O4S2/c1-5-24-14(22)11-10(4)12(15(23)25-6-2)27-13(11)20-17(26)21-16-18-8-7-9(3)19-16/h7-8H,5-6H2,1-4H3,(H2,18,19,20,21,26). The largest absolute Gasteiger partial charge is 0.462 e. The summed E-state index contributed by atoms with van der Waals surface area (Å²) in [5.74, 6) is -0.720. The number of carbonyl (C=O) groups is 2. The van der Waals surface area contributed by atoms with E-state index in [1.165, 1.54) is 0 Å². The Balaban J connectivity index is 2.30. The summed E-state index contributed by atoms with van der Waals surface area (Å²) in [6.45, 7) is 7.37. The third-order valence-electron chi connectivity index (χ3n) is 3.33. The number of carbonyl (C=O) groups excluding carboxylic acids is 2. The maximum atomic E-state index is 12.4. The molecule has 10 heteroatoms. The molecule has 0 bridgehead atoms. The summed E-state index contributed by atoms with van der Waals surface area (Å²) < 4.78 is 10.2. The molecule has 2 aromatic rings. The van der Waals surface area contributed by atoms with Crippen LogP contribution in [0.2, 0.25) is 0 Å². The molecule has 0 aliphatic carbocycles. The highest BCUT2D eigenvalue weighted by Crippen LogP contribution is 2.34. The number of rotatable bonds is 6. The molecule has 2 aromatic heterocycles. The summed E-state index contributed by atoms with van der Waals surface area (Å²) in [6.07, 6.45) is 1.60. The van der Waals surface area contributed by atoms with Crippen LogP contribution in [-0.2, 0) is 9.47 Å². The fourth-order valence-corrected chi connectivity index (χ4v) is 3.54. The molecule has 0 amide bonds. The highest BCUT2D eigenvalue weighted by Gasteiger charge is 2.26. The molecule has 0 unspecified atom stereocenters. The quantitative estimate of drug-likeness (QED) is 0.550. The van der Waals surface area contributed by atoms with Crippen molar-refractivity contribution in [3.63, 3.8) is 0 Å². The Bertz CT molecular complexity index is 867. The van der Waals surface area contributed by atoms with Crippen LogP contribution < -0.4 is 10.6 Å². The van der Waals surface area contributed by atoms with E-state index in [0.717, 1.165) is 17.0 Å². The number of aryl methyl sites for hydroxylation is 1. The Labute approximate surface area is 166 Å². The van der Waals surface area contributed by atoms with Crippen LogP contribution in [0.3, 0.4) is 0 Å². The lowest BCUT2D eigenvalue weighted by atomic mass is 10.1. The van der Waals surface area contributed by atoms with Crippen LogP contribution in [0.25, 0.3) is 0 Å². The Kier molecular flexibility index (Phi) is 7.19. The maximum absolute atomic E-state index is 12.4. The number of nitrogens with zero attached hydrogens (tertiary/aromatic N) is 2. The van der Waals surface area contributed by atoms with Crippen molar-refractivity contribution in [2.24, 2.45) is 0 Å². The van der Waals surface area contributed by atoms with Crippen molar-refractivity contribution >= 4 is 51.6 Å². The SMILES string of the molecule is CCOC(=O)c1sc(NC(=S)Nc2nccc(C)n2)c(C(=O)OCC)c1C. The molecule has 0 fully saturated rings. The number of anilines is 2. The van der Waals surface area contributed by atoms with E-state index >= 15 is 0 Å². The molecule has 2 N–H and O–H groups in total. The van der Waals surface area contributed by atoms with Crippen molar-refractivity contribution in [2.75, 3.05) is 23.8 Å². The van der Waals surface area contributed by atoms with E-state index in [-0.39, 0.29) is 23.9 Å². The van der Waals surface area contributed by atoms with Crippen molar-refractivity contribution in [1.29, 1.82) is 0 Å². The number of hydrogen-bond donors (Lipinski definition) is 2. The molecule has 0 saturated carbocycles. The van der Waals surface area contributed by atoms with Gasteiger partial charge in [0, 0.05) is 11.9 Å². The van der Waals surface area contributed by atoms with Crippen LogP contribution in [0.15, 0.2) is 12.3 Å². The molecule has 0 aliphatic heterocycles. The topological polar surface area (TPSA) is 102 Å². The zero-order chi connectivity index (χ0) is 20.0. The van der Waals surface area contributed by atoms with Crippen molar-refractivity contribution in [2.45, 2.75) is 27.7 Å². The van der Waals surface area contributed by atoms with E-state index in [0.29, 0.717) is 21.4 Å². The first-order valence-corrected chi connectivity index (χ1v) is 9.45. The Morgan fingerprint density at radius 1 is 1.15 bits per heavy atom. The minimum Gasteiger partial charge on any atom is -0.462 e. The van der Waals surface area contributed by atoms with Gasteiger partial charge >= 0.3 is 11.9 Å². The van der Waals surface area contributed by atoms with Crippen LogP contribution >= 0.6 is 23.6 Å². The molecule has 0 saturated heterocycles. The summed E-state index contributed by atoms with van der Waals surface area (Å²) >= 11 is 6.35. The first-order chi connectivity index (χ1) is 12.9. The maximum Gasteiger partial charge on any atom is 0.348 e. The minimum absolute atomic E-state index is 0.183. The summed E-state index contributed by atoms with van der Waals surface area (Å²) in [4.78, 5) is 33.1. The number of thiophene rings is 1. The van der Waals surface area contributed by atoms with Gasteiger partial charge in [0.1, 0.15) is 9.88 Å². The van der Waals surface area contributed by atoms with E-state index < -0.39 is 11.9 Å². The summed E-state index contributed by atoms with van der Waals surface area (Å²) in [6, 6.07) is 1.76. The normalized spacial score (nSPS) is 10.2. The minimum atomic E-state index is -0.543. The molecule has 2 rings (SSSR count). The van der Waals surface area contributed by atoms with Gasteiger partial charge in [-0.1, -0.05) is 0 Å². The molecular formula is C17H20N4O4S2. The lowest BCUT2D eigenvalue weighted by Crippen LogP contribution is -2.21. The van der Waals surface area contributed by atoms with Gasteiger partial charge in [-0.05, 0) is 51.5 Å². The van der Waals surface area contributed by atoms with Crippen molar-refractivity contribution in [3.05, 3.63) is 34.0 Å². The molecule has 8 nitrogen and oxygen atoms in total. The second-order valence-electron chi connectivity index (χ2n) is 5.30. The van der Waals surface area contributed by atoms with Crippen LogP contribution in [0.4, 0.5) is 10.9 Å². The molecule has 27 heavy (non-hydrogen) atoms. The van der Waals surface area contributed by atoms with Gasteiger partial charge < -0.3 is 20.1 Å². The van der Waals surface area contributed by atoms with E-state index in [4.69, 9.17) is 21.7 Å². The van der Waals surface area contributed by atoms with Gasteiger partial charge in [0.05, 0.1) is 18.8 Å².